The average molecular weight is 324 g/mol. The Morgan fingerprint density at radius 3 is 2.45 bits per heavy atom. The molecule has 1 aliphatic heterocycles. The van der Waals surface area contributed by atoms with Gasteiger partial charge in [-0.25, -0.2) is 0 Å². The van der Waals surface area contributed by atoms with Gasteiger partial charge in [0.05, 0.1) is 0 Å². The monoisotopic (exact) mass is 324 g/mol. The van der Waals surface area contributed by atoms with Crippen LogP contribution in [0.1, 0.15) is 50.5 Å². The van der Waals surface area contributed by atoms with Crippen LogP contribution in [0.2, 0.25) is 18.1 Å². The van der Waals surface area contributed by atoms with Crippen molar-refractivity contribution in [2.24, 2.45) is 0 Å². The van der Waals surface area contributed by atoms with Gasteiger partial charge >= 0.3 is 6.08 Å². The topological polar surface area (TPSA) is 9.23 Å². The molecule has 2 rings (SSSR count). The molecule has 1 nitrogen and oxygen atoms in total. The van der Waals surface area contributed by atoms with Crippen LogP contribution >= 0.6 is 0 Å². The van der Waals surface area contributed by atoms with Gasteiger partial charge in [-0.05, 0) is 36.5 Å². The summed E-state index contributed by atoms with van der Waals surface area (Å²) in [6.07, 6.45) is 5.44. The lowest BCUT2D eigenvalue weighted by atomic mass is 9.93. The summed E-state index contributed by atoms with van der Waals surface area (Å²) < 4.78 is 28.8. The maximum Gasteiger partial charge on any atom is 0.305 e. The Kier molecular flexibility index (Phi) is 7.10. The number of hydrogen-bond acceptors (Lipinski definition) is 1. The Hall–Kier alpha value is -1.16. The molecule has 0 spiro atoms. The average Bonchev–Trinajstić information content (AvgIpc) is 2.54. The molecular weight excluding hydrogens is 298 g/mol. The molecule has 1 heterocycles. The largest absolute Gasteiger partial charge is 0.459 e. The van der Waals surface area contributed by atoms with Gasteiger partial charge in [-0.2, -0.15) is 8.78 Å². The quantitative estimate of drug-likeness (QED) is 0.334. The van der Waals surface area contributed by atoms with Gasteiger partial charge in [-0.15, -0.1) is 0 Å². The van der Waals surface area contributed by atoms with E-state index in [0.29, 0.717) is 17.9 Å². The van der Waals surface area contributed by atoms with Gasteiger partial charge in [0.15, 0.2) is 6.26 Å². The van der Waals surface area contributed by atoms with Crippen LogP contribution in [-0.2, 0) is 0 Å². The number of rotatable bonds is 7. The Bertz CT molecular complexity index is 460. The Labute approximate surface area is 134 Å². The number of hydrogen-bond donors (Lipinski definition) is 0. The summed E-state index contributed by atoms with van der Waals surface area (Å²) in [6, 6.07) is 12.1. The first-order chi connectivity index (χ1) is 10.7. The van der Waals surface area contributed by atoms with Crippen molar-refractivity contribution in [1.82, 2.24) is 0 Å². The third-order valence-electron chi connectivity index (χ3n) is 4.70. The van der Waals surface area contributed by atoms with Crippen LogP contribution in [0.15, 0.2) is 36.6 Å². The molecule has 4 heteroatoms. The van der Waals surface area contributed by atoms with Crippen molar-refractivity contribution in [3.8, 4) is 5.75 Å². The molecule has 0 saturated carbocycles. The molecular formula is C18H26F2OSi. The van der Waals surface area contributed by atoms with Crippen LogP contribution in [0.3, 0.4) is 0 Å². The minimum Gasteiger partial charge on any atom is -0.459 e. The van der Waals surface area contributed by atoms with E-state index >= 15 is 0 Å². The fraction of sp³-hybridized carbons (Fsp3) is 0.556. The van der Waals surface area contributed by atoms with Crippen molar-refractivity contribution in [1.29, 1.82) is 0 Å². The minimum absolute atomic E-state index is 0.468. The Balaban J connectivity index is 1.80. The Morgan fingerprint density at radius 1 is 1.18 bits per heavy atom. The third kappa shape index (κ3) is 5.56. The van der Waals surface area contributed by atoms with E-state index in [4.69, 9.17) is 4.74 Å². The van der Waals surface area contributed by atoms with E-state index in [2.05, 4.69) is 6.92 Å². The number of halogens is 2. The lowest BCUT2D eigenvalue weighted by Crippen LogP contribution is -2.20. The highest BCUT2D eigenvalue weighted by Crippen LogP contribution is 2.35. The molecule has 0 aliphatic carbocycles. The van der Waals surface area contributed by atoms with Crippen LogP contribution in [0.25, 0.3) is 0 Å². The van der Waals surface area contributed by atoms with Gasteiger partial charge < -0.3 is 4.74 Å². The molecule has 1 saturated heterocycles. The summed E-state index contributed by atoms with van der Waals surface area (Å²) in [4.78, 5) is 0. The normalized spacial score (nSPS) is 21.4. The highest BCUT2D eigenvalue weighted by atomic mass is 28.3. The van der Waals surface area contributed by atoms with Gasteiger partial charge in [0.25, 0.3) is 0 Å². The lowest BCUT2D eigenvalue weighted by molar-refractivity contribution is 0.365. The van der Waals surface area contributed by atoms with Crippen LogP contribution in [0.5, 0.6) is 5.75 Å². The smallest absolute Gasteiger partial charge is 0.305 e. The molecule has 0 radical (unpaired) electrons. The predicted octanol–water partition coefficient (Wildman–Crippen LogP) is 6.10. The maximum absolute atomic E-state index is 12.0. The zero-order valence-electron chi connectivity index (χ0n) is 13.4. The summed E-state index contributed by atoms with van der Waals surface area (Å²) in [5, 5.41) is 0. The minimum atomic E-state index is -1.81. The van der Waals surface area contributed by atoms with Crippen molar-refractivity contribution in [3.63, 3.8) is 0 Å². The molecule has 0 atom stereocenters. The van der Waals surface area contributed by atoms with Crippen molar-refractivity contribution in [2.75, 3.05) is 0 Å². The molecule has 1 aromatic rings. The number of unbranched alkanes of at least 4 members (excludes halogenated alkanes) is 2. The van der Waals surface area contributed by atoms with E-state index in [1.807, 2.05) is 12.1 Å². The van der Waals surface area contributed by atoms with Gasteiger partial charge in [0, 0.05) is 8.80 Å². The van der Waals surface area contributed by atoms with Gasteiger partial charge in [-0.1, -0.05) is 56.5 Å². The SMILES string of the molecule is CCCCC[Si@H]1CC[C@H](c2ccc(OC=C(F)F)cc2)CC1. The standard InChI is InChI=1S/C18H26F2OSi/c1-2-3-4-11-22-12-9-16(10-13-22)15-5-7-17(8-6-15)21-14-18(19)20/h5-8,14,16,22H,2-4,9-13H2,1H3/t16-,22-. The van der Waals surface area contributed by atoms with E-state index in [1.165, 1.54) is 55.8 Å². The summed E-state index contributed by atoms with van der Waals surface area (Å²) in [6.45, 7) is 2.27. The zero-order valence-corrected chi connectivity index (χ0v) is 14.5. The second-order valence-electron chi connectivity index (χ2n) is 6.31. The molecule has 0 unspecified atom stereocenters. The fourth-order valence-electron chi connectivity index (χ4n) is 3.40. The van der Waals surface area contributed by atoms with Crippen molar-refractivity contribution in [2.45, 2.75) is 63.1 Å². The van der Waals surface area contributed by atoms with E-state index in [-0.39, 0.29) is 0 Å². The van der Waals surface area contributed by atoms with Crippen LogP contribution in [0.4, 0.5) is 8.78 Å². The van der Waals surface area contributed by atoms with Crippen molar-refractivity contribution < 1.29 is 13.5 Å². The lowest BCUT2D eigenvalue weighted by Gasteiger charge is -2.28. The van der Waals surface area contributed by atoms with Crippen LogP contribution < -0.4 is 4.74 Å². The predicted molar refractivity (Wildman–Crippen MR) is 90.4 cm³/mol. The van der Waals surface area contributed by atoms with Crippen LogP contribution in [-0.4, -0.2) is 8.80 Å². The molecule has 22 heavy (non-hydrogen) atoms. The summed E-state index contributed by atoms with van der Waals surface area (Å²) in [5.74, 6) is 1.12. The van der Waals surface area contributed by atoms with Crippen molar-refractivity contribution in [3.05, 3.63) is 42.2 Å². The highest BCUT2D eigenvalue weighted by molar-refractivity contribution is 6.59. The van der Waals surface area contributed by atoms with Crippen LogP contribution in [0, 0.1) is 0 Å². The summed E-state index contributed by atoms with van der Waals surface area (Å²) in [7, 11) is -0.468. The van der Waals surface area contributed by atoms with Gasteiger partial charge in [0.2, 0.25) is 0 Å². The molecule has 1 fully saturated rings. The second kappa shape index (κ2) is 9.08. The fourth-order valence-corrected chi connectivity index (χ4v) is 6.88. The van der Waals surface area contributed by atoms with Gasteiger partial charge in [0.1, 0.15) is 5.75 Å². The number of benzene rings is 1. The first kappa shape index (κ1) is 17.2. The van der Waals surface area contributed by atoms with E-state index in [9.17, 15) is 8.78 Å². The van der Waals surface area contributed by atoms with Crippen molar-refractivity contribution >= 4 is 8.80 Å². The van der Waals surface area contributed by atoms with Gasteiger partial charge in [-0.3, -0.25) is 0 Å². The maximum atomic E-state index is 12.0. The second-order valence-corrected chi connectivity index (χ2v) is 9.77. The van der Waals surface area contributed by atoms with E-state index in [1.54, 1.807) is 12.1 Å². The summed E-state index contributed by atoms with van der Waals surface area (Å²) >= 11 is 0. The molecule has 0 amide bonds. The molecule has 1 aromatic carbocycles. The van der Waals surface area contributed by atoms with E-state index in [0.717, 1.165) is 0 Å². The zero-order chi connectivity index (χ0) is 15.8. The number of ether oxygens (including phenoxy) is 1. The first-order valence-electron chi connectivity index (χ1n) is 8.46. The van der Waals surface area contributed by atoms with E-state index < -0.39 is 14.9 Å². The molecule has 0 N–H and O–H groups in total. The highest BCUT2D eigenvalue weighted by Gasteiger charge is 2.22. The Morgan fingerprint density at radius 2 is 1.86 bits per heavy atom. The first-order valence-corrected chi connectivity index (χ1v) is 10.9. The summed E-state index contributed by atoms with van der Waals surface area (Å²) in [5.41, 5.74) is 1.33. The molecule has 0 aromatic heterocycles. The molecule has 1 aliphatic rings. The molecule has 0 bridgehead atoms. The molecule has 122 valence electrons. The third-order valence-corrected chi connectivity index (χ3v) is 8.22.